The van der Waals surface area contributed by atoms with Crippen molar-refractivity contribution in [1.82, 2.24) is 0 Å². The molecule has 0 aliphatic carbocycles. The van der Waals surface area contributed by atoms with Crippen LogP contribution in [-0.4, -0.2) is 26.9 Å². The van der Waals surface area contributed by atoms with Crippen LogP contribution in [0, 0.1) is 20.8 Å². The lowest BCUT2D eigenvalue weighted by atomic mass is 10.1. The van der Waals surface area contributed by atoms with Crippen molar-refractivity contribution in [2.45, 2.75) is 32.6 Å². The normalized spacial score (nSPS) is 11.1. The average molecular weight is 501 g/mol. The van der Waals surface area contributed by atoms with Gasteiger partial charge in [0.25, 0.3) is 15.9 Å². The summed E-state index contributed by atoms with van der Waals surface area (Å²) < 4.78 is 33.8. The second kappa shape index (κ2) is 10.3. The Hall–Kier alpha value is -3.36. The highest BCUT2D eigenvalue weighted by Gasteiger charge is 2.21. The lowest BCUT2D eigenvalue weighted by Gasteiger charge is -2.14. The molecule has 0 saturated carbocycles. The number of hydrogen-bond donors (Lipinski definition) is 2. The molecule has 2 N–H and O–H groups in total. The molecule has 178 valence electrons. The molecule has 1 amide bonds. The van der Waals surface area contributed by atoms with E-state index in [-0.39, 0.29) is 33.3 Å². The van der Waals surface area contributed by atoms with Crippen LogP contribution in [0.4, 0.5) is 11.4 Å². The van der Waals surface area contributed by atoms with Gasteiger partial charge in [-0.25, -0.2) is 13.2 Å². The molecular weight excluding hydrogens is 476 g/mol. The number of hydrogen-bond acceptors (Lipinski definition) is 5. The van der Waals surface area contributed by atoms with Gasteiger partial charge < -0.3 is 10.1 Å². The zero-order valence-corrected chi connectivity index (χ0v) is 20.8. The van der Waals surface area contributed by atoms with Crippen LogP contribution < -0.4 is 10.0 Å². The van der Waals surface area contributed by atoms with E-state index in [1.54, 1.807) is 26.0 Å². The van der Waals surface area contributed by atoms with E-state index in [2.05, 4.69) is 10.0 Å². The van der Waals surface area contributed by atoms with Crippen molar-refractivity contribution >= 4 is 44.9 Å². The Morgan fingerprint density at radius 2 is 1.56 bits per heavy atom. The molecule has 7 nitrogen and oxygen atoms in total. The first-order valence-electron chi connectivity index (χ1n) is 10.5. The standard InChI is InChI=1S/C25H25ClN2O5S/c1-5-33-25(30)19-10-11-21(20(26)13-19)27-24(29)18-9-8-17(4)23(14-18)34(31,32)28-22-12-15(2)6-7-16(22)3/h6-14,28H,5H2,1-4H3,(H,27,29). The molecule has 3 aromatic rings. The van der Waals surface area contributed by atoms with Crippen LogP contribution in [0.1, 0.15) is 44.3 Å². The van der Waals surface area contributed by atoms with Crippen molar-refractivity contribution in [3.05, 3.63) is 87.4 Å². The van der Waals surface area contributed by atoms with Crippen molar-refractivity contribution in [2.75, 3.05) is 16.6 Å². The summed E-state index contributed by atoms with van der Waals surface area (Å²) in [6.07, 6.45) is 0. The topological polar surface area (TPSA) is 102 Å². The van der Waals surface area contributed by atoms with Crippen LogP contribution in [0.15, 0.2) is 59.5 Å². The van der Waals surface area contributed by atoms with Gasteiger partial charge >= 0.3 is 5.97 Å². The summed E-state index contributed by atoms with van der Waals surface area (Å²) >= 11 is 6.22. The molecule has 0 saturated heterocycles. The molecule has 3 aromatic carbocycles. The number of esters is 1. The van der Waals surface area contributed by atoms with Crippen LogP contribution in [-0.2, 0) is 14.8 Å². The Morgan fingerprint density at radius 1 is 0.882 bits per heavy atom. The van der Waals surface area contributed by atoms with Gasteiger partial charge in [0, 0.05) is 5.56 Å². The third kappa shape index (κ3) is 5.76. The highest BCUT2D eigenvalue weighted by atomic mass is 35.5. The van der Waals surface area contributed by atoms with E-state index in [0.717, 1.165) is 11.1 Å². The molecule has 0 bridgehead atoms. The van der Waals surface area contributed by atoms with Crippen LogP contribution >= 0.6 is 11.6 Å². The summed E-state index contributed by atoms with van der Waals surface area (Å²) in [5, 5.41) is 2.80. The summed E-state index contributed by atoms with van der Waals surface area (Å²) in [4.78, 5) is 24.7. The molecule has 0 unspecified atom stereocenters. The Morgan fingerprint density at radius 3 is 2.24 bits per heavy atom. The summed E-state index contributed by atoms with van der Waals surface area (Å²) in [6, 6.07) is 14.3. The molecule has 0 aliphatic heterocycles. The molecule has 3 rings (SSSR count). The number of anilines is 2. The number of rotatable bonds is 7. The second-order valence-electron chi connectivity index (χ2n) is 7.77. The quantitative estimate of drug-likeness (QED) is 0.417. The maximum atomic E-state index is 13.1. The first kappa shape index (κ1) is 25.3. The maximum absolute atomic E-state index is 13.1. The number of halogens is 1. The third-order valence-corrected chi connectivity index (χ3v) is 6.93. The Labute approximate surface area is 204 Å². The monoisotopic (exact) mass is 500 g/mol. The Kier molecular flexibility index (Phi) is 7.64. The van der Waals surface area contributed by atoms with Gasteiger partial charge in [-0.05, 0) is 80.8 Å². The van der Waals surface area contributed by atoms with E-state index < -0.39 is 21.9 Å². The molecule has 0 atom stereocenters. The van der Waals surface area contributed by atoms with Gasteiger partial charge in [0.15, 0.2) is 0 Å². The lowest BCUT2D eigenvalue weighted by Crippen LogP contribution is -2.18. The molecule has 0 aromatic heterocycles. The minimum atomic E-state index is -3.95. The second-order valence-corrected chi connectivity index (χ2v) is 9.83. The minimum Gasteiger partial charge on any atom is -0.462 e. The number of sulfonamides is 1. The smallest absolute Gasteiger partial charge is 0.338 e. The summed E-state index contributed by atoms with van der Waals surface area (Å²) in [7, 11) is -3.95. The number of carbonyl (C=O) groups is 2. The SMILES string of the molecule is CCOC(=O)c1ccc(NC(=O)c2ccc(C)c(S(=O)(=O)Nc3cc(C)ccc3C)c2)c(Cl)c1. The van der Waals surface area contributed by atoms with Crippen molar-refractivity contribution in [3.63, 3.8) is 0 Å². The van der Waals surface area contributed by atoms with Gasteiger partial charge in [0.1, 0.15) is 0 Å². The highest BCUT2D eigenvalue weighted by molar-refractivity contribution is 7.92. The number of aryl methyl sites for hydroxylation is 3. The first-order valence-corrected chi connectivity index (χ1v) is 12.4. The lowest BCUT2D eigenvalue weighted by molar-refractivity contribution is 0.0526. The van der Waals surface area contributed by atoms with Crippen LogP contribution in [0.5, 0.6) is 0 Å². The van der Waals surface area contributed by atoms with Gasteiger partial charge in [-0.1, -0.05) is 29.8 Å². The number of ether oxygens (including phenoxy) is 1. The molecular formula is C25H25ClN2O5S. The predicted molar refractivity (Wildman–Crippen MR) is 133 cm³/mol. The van der Waals surface area contributed by atoms with Crippen LogP contribution in [0.2, 0.25) is 5.02 Å². The molecule has 0 fully saturated rings. The van der Waals surface area contributed by atoms with Crippen molar-refractivity contribution in [2.24, 2.45) is 0 Å². The average Bonchev–Trinajstić information content (AvgIpc) is 2.77. The number of carbonyl (C=O) groups excluding carboxylic acids is 2. The maximum Gasteiger partial charge on any atom is 0.338 e. The minimum absolute atomic E-state index is 0.00943. The molecule has 0 radical (unpaired) electrons. The van der Waals surface area contributed by atoms with E-state index in [4.69, 9.17) is 16.3 Å². The Balaban J connectivity index is 1.86. The molecule has 0 heterocycles. The van der Waals surface area contributed by atoms with E-state index in [0.29, 0.717) is 11.3 Å². The van der Waals surface area contributed by atoms with Gasteiger partial charge in [-0.15, -0.1) is 0 Å². The number of amides is 1. The predicted octanol–water partition coefficient (Wildman–Crippen LogP) is 5.50. The Bertz CT molecular complexity index is 1370. The summed E-state index contributed by atoms with van der Waals surface area (Å²) in [5.41, 5.74) is 3.33. The van der Waals surface area contributed by atoms with E-state index >= 15 is 0 Å². The third-order valence-electron chi connectivity index (χ3n) is 5.11. The van der Waals surface area contributed by atoms with Gasteiger partial charge in [-0.3, -0.25) is 9.52 Å². The first-order chi connectivity index (χ1) is 16.0. The van der Waals surface area contributed by atoms with Gasteiger partial charge in [0.2, 0.25) is 0 Å². The summed E-state index contributed by atoms with van der Waals surface area (Å²) in [5.74, 6) is -1.07. The van der Waals surface area contributed by atoms with Crippen LogP contribution in [0.25, 0.3) is 0 Å². The fourth-order valence-electron chi connectivity index (χ4n) is 3.23. The molecule has 34 heavy (non-hydrogen) atoms. The molecule has 9 heteroatoms. The molecule has 0 spiro atoms. The zero-order chi connectivity index (χ0) is 25.0. The van der Waals surface area contributed by atoms with Gasteiger partial charge in [-0.2, -0.15) is 0 Å². The largest absolute Gasteiger partial charge is 0.462 e. The van der Waals surface area contributed by atoms with E-state index in [1.807, 2.05) is 26.0 Å². The van der Waals surface area contributed by atoms with E-state index in [9.17, 15) is 18.0 Å². The summed E-state index contributed by atoms with van der Waals surface area (Å²) in [6.45, 7) is 7.26. The highest BCUT2D eigenvalue weighted by Crippen LogP contribution is 2.26. The van der Waals surface area contributed by atoms with E-state index in [1.165, 1.54) is 30.3 Å². The zero-order valence-electron chi connectivity index (χ0n) is 19.2. The number of benzene rings is 3. The number of nitrogens with one attached hydrogen (secondary N) is 2. The van der Waals surface area contributed by atoms with Crippen LogP contribution in [0.3, 0.4) is 0 Å². The van der Waals surface area contributed by atoms with Crippen molar-refractivity contribution < 1.29 is 22.7 Å². The van der Waals surface area contributed by atoms with Crippen molar-refractivity contribution in [3.8, 4) is 0 Å². The molecule has 0 aliphatic rings. The van der Waals surface area contributed by atoms with Crippen molar-refractivity contribution in [1.29, 1.82) is 0 Å². The fourth-order valence-corrected chi connectivity index (χ4v) is 4.85. The fraction of sp³-hybridized carbons (Fsp3) is 0.200. The van der Waals surface area contributed by atoms with Gasteiger partial charge in [0.05, 0.1) is 33.5 Å².